The summed E-state index contributed by atoms with van der Waals surface area (Å²) in [5.74, 6) is 0.215. The van der Waals surface area contributed by atoms with Gasteiger partial charge in [0.05, 0.1) is 12.2 Å². The molecule has 0 aromatic carbocycles. The monoisotopic (exact) mass is 212 g/mol. The topological polar surface area (TPSA) is 35.5 Å². The molecule has 0 saturated carbocycles. The molecule has 2 bridgehead atoms. The Kier molecular flexibility index (Phi) is 2.75. The fourth-order valence-electron chi connectivity index (χ4n) is 3.02. The first-order valence-electron chi connectivity index (χ1n) is 5.90. The quantitative estimate of drug-likeness (QED) is 0.673. The minimum Gasteiger partial charge on any atom is -0.459 e. The van der Waals surface area contributed by atoms with Crippen molar-refractivity contribution in [2.45, 2.75) is 64.3 Å². The Morgan fingerprint density at radius 3 is 2.67 bits per heavy atom. The second kappa shape index (κ2) is 3.78. The van der Waals surface area contributed by atoms with Gasteiger partial charge < -0.3 is 9.47 Å². The van der Waals surface area contributed by atoms with E-state index in [0.717, 1.165) is 19.3 Å². The van der Waals surface area contributed by atoms with E-state index >= 15 is 0 Å². The van der Waals surface area contributed by atoms with Crippen molar-refractivity contribution in [3.63, 3.8) is 0 Å². The number of fused-ring (bicyclic) bond motifs is 2. The zero-order chi connectivity index (χ0) is 11.1. The highest BCUT2D eigenvalue weighted by molar-refractivity contribution is 5.66. The van der Waals surface area contributed by atoms with E-state index in [4.69, 9.17) is 9.47 Å². The number of hydrogen-bond donors (Lipinski definition) is 0. The van der Waals surface area contributed by atoms with Crippen molar-refractivity contribution < 1.29 is 14.3 Å². The van der Waals surface area contributed by atoms with Crippen LogP contribution in [0, 0.1) is 5.92 Å². The van der Waals surface area contributed by atoms with Gasteiger partial charge in [-0.25, -0.2) is 0 Å². The van der Waals surface area contributed by atoms with E-state index in [0.29, 0.717) is 18.1 Å². The van der Waals surface area contributed by atoms with Gasteiger partial charge in [0.2, 0.25) is 0 Å². The molecule has 2 fully saturated rings. The maximum Gasteiger partial charge on any atom is 0.303 e. The van der Waals surface area contributed by atoms with Gasteiger partial charge in [0, 0.05) is 12.8 Å². The lowest BCUT2D eigenvalue weighted by atomic mass is 9.76. The van der Waals surface area contributed by atoms with E-state index in [1.807, 2.05) is 6.92 Å². The number of ether oxygens (including phenoxy) is 2. The van der Waals surface area contributed by atoms with Gasteiger partial charge in [0.25, 0.3) is 0 Å². The maximum atomic E-state index is 11.1. The molecule has 0 N–H and O–H groups in total. The number of esters is 1. The molecule has 4 unspecified atom stereocenters. The minimum atomic E-state index is -0.328. The van der Waals surface area contributed by atoms with Gasteiger partial charge in [-0.1, -0.05) is 6.92 Å². The summed E-state index contributed by atoms with van der Waals surface area (Å²) >= 11 is 0. The molecule has 4 atom stereocenters. The summed E-state index contributed by atoms with van der Waals surface area (Å²) < 4.78 is 11.3. The van der Waals surface area contributed by atoms with Gasteiger partial charge in [-0.15, -0.1) is 0 Å². The van der Waals surface area contributed by atoms with Gasteiger partial charge in [0.15, 0.2) is 0 Å². The third-order valence-corrected chi connectivity index (χ3v) is 3.97. The molecule has 0 aliphatic carbocycles. The molecule has 0 amide bonds. The first-order chi connectivity index (χ1) is 7.05. The van der Waals surface area contributed by atoms with Crippen LogP contribution in [0.4, 0.5) is 0 Å². The highest BCUT2D eigenvalue weighted by atomic mass is 16.6. The molecule has 0 aromatic heterocycles. The average Bonchev–Trinajstić information content (AvgIpc) is 2.77. The van der Waals surface area contributed by atoms with Crippen LogP contribution in [0.1, 0.15) is 46.5 Å². The summed E-state index contributed by atoms with van der Waals surface area (Å²) in [6, 6.07) is 0. The van der Waals surface area contributed by atoms with Gasteiger partial charge >= 0.3 is 5.97 Å². The Balaban J connectivity index is 2.09. The third kappa shape index (κ3) is 1.89. The Morgan fingerprint density at radius 1 is 1.53 bits per heavy atom. The summed E-state index contributed by atoms with van der Waals surface area (Å²) in [7, 11) is 0. The van der Waals surface area contributed by atoms with Crippen LogP contribution in [0.15, 0.2) is 0 Å². The second-order valence-corrected chi connectivity index (χ2v) is 4.98. The maximum absolute atomic E-state index is 11.1. The van der Waals surface area contributed by atoms with Crippen LogP contribution in [0.2, 0.25) is 0 Å². The predicted molar refractivity (Wildman–Crippen MR) is 56.5 cm³/mol. The zero-order valence-corrected chi connectivity index (χ0v) is 9.79. The molecule has 2 heterocycles. The Hall–Kier alpha value is -0.570. The van der Waals surface area contributed by atoms with Crippen LogP contribution < -0.4 is 0 Å². The van der Waals surface area contributed by atoms with Crippen molar-refractivity contribution in [3.05, 3.63) is 0 Å². The van der Waals surface area contributed by atoms with Crippen LogP contribution in [0.25, 0.3) is 0 Å². The Bertz CT molecular complexity index is 264. The first-order valence-corrected chi connectivity index (χ1v) is 5.90. The summed E-state index contributed by atoms with van der Waals surface area (Å²) in [5.41, 5.74) is -0.328. The van der Waals surface area contributed by atoms with Gasteiger partial charge in [0.1, 0.15) is 5.60 Å². The van der Waals surface area contributed by atoms with Crippen molar-refractivity contribution >= 4 is 5.97 Å². The molecule has 3 nitrogen and oxygen atoms in total. The molecule has 2 saturated heterocycles. The normalized spacial score (nSPS) is 37.7. The predicted octanol–water partition coefficient (Wildman–Crippen LogP) is 2.29. The third-order valence-electron chi connectivity index (χ3n) is 3.97. The Morgan fingerprint density at radius 2 is 2.27 bits per heavy atom. The molecule has 2 rings (SSSR count). The number of rotatable bonds is 3. The fourth-order valence-corrected chi connectivity index (χ4v) is 3.02. The van der Waals surface area contributed by atoms with E-state index in [1.54, 1.807) is 0 Å². The SMILES string of the molecule is CCC(C)(OC(C)=O)C1CC2CCC1O2. The van der Waals surface area contributed by atoms with Gasteiger partial charge in [-0.2, -0.15) is 0 Å². The number of carbonyl (C=O) groups excluding carboxylic acids is 1. The molecule has 2 aliphatic heterocycles. The molecule has 0 spiro atoms. The van der Waals surface area contributed by atoms with Crippen molar-refractivity contribution in [2.75, 3.05) is 0 Å². The second-order valence-electron chi connectivity index (χ2n) is 4.98. The molecule has 3 heteroatoms. The summed E-state index contributed by atoms with van der Waals surface area (Å²) in [4.78, 5) is 11.1. The molecule has 0 aromatic rings. The molecular weight excluding hydrogens is 192 g/mol. The molecular formula is C12H20O3. The van der Waals surface area contributed by atoms with E-state index in [2.05, 4.69) is 6.92 Å². The first kappa shape index (κ1) is 10.9. The lowest BCUT2D eigenvalue weighted by Crippen LogP contribution is -2.43. The lowest BCUT2D eigenvalue weighted by Gasteiger charge is -2.37. The fraction of sp³-hybridized carbons (Fsp3) is 0.917. The minimum absolute atomic E-state index is 0.179. The smallest absolute Gasteiger partial charge is 0.303 e. The highest BCUT2D eigenvalue weighted by Gasteiger charge is 2.50. The number of carbonyl (C=O) groups is 1. The Labute approximate surface area is 91.1 Å². The van der Waals surface area contributed by atoms with Crippen LogP contribution >= 0.6 is 0 Å². The standard InChI is InChI=1S/C12H20O3/c1-4-12(3,15-8(2)13)10-7-9-5-6-11(10)14-9/h9-11H,4-7H2,1-3H3. The molecule has 86 valence electrons. The summed E-state index contributed by atoms with van der Waals surface area (Å²) in [6.45, 7) is 5.61. The van der Waals surface area contributed by atoms with E-state index in [1.165, 1.54) is 13.3 Å². The van der Waals surface area contributed by atoms with Crippen molar-refractivity contribution in [1.29, 1.82) is 0 Å². The molecule has 2 aliphatic rings. The van der Waals surface area contributed by atoms with E-state index < -0.39 is 0 Å². The average molecular weight is 212 g/mol. The summed E-state index contributed by atoms with van der Waals surface area (Å²) in [5, 5.41) is 0. The van der Waals surface area contributed by atoms with Crippen molar-refractivity contribution in [3.8, 4) is 0 Å². The van der Waals surface area contributed by atoms with E-state index in [9.17, 15) is 4.79 Å². The highest BCUT2D eigenvalue weighted by Crippen LogP contribution is 2.46. The zero-order valence-electron chi connectivity index (χ0n) is 9.79. The van der Waals surface area contributed by atoms with Gasteiger partial charge in [-0.05, 0) is 32.6 Å². The van der Waals surface area contributed by atoms with Crippen LogP contribution in [-0.4, -0.2) is 23.8 Å². The van der Waals surface area contributed by atoms with E-state index in [-0.39, 0.29) is 11.6 Å². The molecule has 0 radical (unpaired) electrons. The molecule has 15 heavy (non-hydrogen) atoms. The van der Waals surface area contributed by atoms with Crippen LogP contribution in [0.5, 0.6) is 0 Å². The van der Waals surface area contributed by atoms with Crippen molar-refractivity contribution in [1.82, 2.24) is 0 Å². The number of hydrogen-bond acceptors (Lipinski definition) is 3. The van der Waals surface area contributed by atoms with Gasteiger partial charge in [-0.3, -0.25) is 4.79 Å². The summed E-state index contributed by atoms with van der Waals surface area (Å²) in [6.07, 6.45) is 4.97. The van der Waals surface area contributed by atoms with Crippen molar-refractivity contribution in [2.24, 2.45) is 5.92 Å². The largest absolute Gasteiger partial charge is 0.459 e. The van der Waals surface area contributed by atoms with Crippen LogP contribution in [0.3, 0.4) is 0 Å². The van der Waals surface area contributed by atoms with Crippen LogP contribution in [-0.2, 0) is 14.3 Å². The lowest BCUT2D eigenvalue weighted by molar-refractivity contribution is -0.164.